The molecule has 0 saturated heterocycles. The second-order valence-electron chi connectivity index (χ2n) is 8.69. The molecule has 3 aliphatic rings. The Morgan fingerprint density at radius 2 is 2.07 bits per heavy atom. The van der Waals surface area contributed by atoms with Crippen LogP contribution in [0.3, 0.4) is 0 Å². The van der Waals surface area contributed by atoms with Gasteiger partial charge in [-0.05, 0) is 75.0 Å². The summed E-state index contributed by atoms with van der Waals surface area (Å²) in [5.41, 5.74) is 0. The highest BCUT2D eigenvalue weighted by atomic mass is 16.5. The normalized spacial score (nSPS) is 32.6. The second kappa shape index (κ2) is 10.2. The summed E-state index contributed by atoms with van der Waals surface area (Å²) in [7, 11) is 1.42. The van der Waals surface area contributed by atoms with E-state index in [1.54, 1.807) is 0 Å². The molecule has 6 unspecified atom stereocenters. The van der Waals surface area contributed by atoms with E-state index in [2.05, 4.69) is 34.4 Å². The molecule has 3 aliphatic carbocycles. The van der Waals surface area contributed by atoms with Crippen molar-refractivity contribution >= 4 is 11.9 Å². The lowest BCUT2D eigenvalue weighted by Gasteiger charge is -2.29. The van der Waals surface area contributed by atoms with Gasteiger partial charge in [0.25, 0.3) is 0 Å². The first-order valence-electron chi connectivity index (χ1n) is 10.9. The third-order valence-electron chi connectivity index (χ3n) is 6.96. The number of nitrogens with one attached hydrogen (secondary N) is 1. The zero-order valence-electron chi connectivity index (χ0n) is 17.0. The van der Waals surface area contributed by atoms with Crippen molar-refractivity contribution in [3.8, 4) is 0 Å². The Morgan fingerprint density at radius 3 is 2.82 bits per heavy atom. The van der Waals surface area contributed by atoms with Gasteiger partial charge in [-0.25, -0.2) is 0 Å². The van der Waals surface area contributed by atoms with Gasteiger partial charge in [-0.2, -0.15) is 0 Å². The predicted molar refractivity (Wildman–Crippen MR) is 108 cm³/mol. The Kier molecular flexibility index (Phi) is 7.72. The van der Waals surface area contributed by atoms with Crippen LogP contribution >= 0.6 is 0 Å². The van der Waals surface area contributed by atoms with Crippen LogP contribution in [0.1, 0.15) is 57.8 Å². The van der Waals surface area contributed by atoms with Gasteiger partial charge in [0.15, 0.2) is 0 Å². The van der Waals surface area contributed by atoms with Crippen LogP contribution in [-0.4, -0.2) is 36.7 Å². The largest absolute Gasteiger partial charge is 0.469 e. The van der Waals surface area contributed by atoms with Crippen LogP contribution in [0.15, 0.2) is 24.3 Å². The maximum atomic E-state index is 12.9. The van der Waals surface area contributed by atoms with E-state index in [0.29, 0.717) is 30.7 Å². The number of fused-ring (bicyclic) bond motifs is 2. The smallest absolute Gasteiger partial charge is 0.305 e. The fraction of sp³-hybridized carbons (Fsp3) is 0.739. The van der Waals surface area contributed by atoms with E-state index in [-0.39, 0.29) is 23.7 Å². The summed E-state index contributed by atoms with van der Waals surface area (Å²) >= 11 is 0. The molecule has 0 aromatic carbocycles. The van der Waals surface area contributed by atoms with Gasteiger partial charge in [-0.1, -0.05) is 24.3 Å². The fourth-order valence-corrected chi connectivity index (χ4v) is 5.38. The van der Waals surface area contributed by atoms with Crippen LogP contribution in [-0.2, 0) is 14.3 Å². The highest BCUT2D eigenvalue weighted by molar-refractivity contribution is 5.80. The lowest BCUT2D eigenvalue weighted by molar-refractivity contribution is -0.140. The average molecular weight is 390 g/mol. The molecule has 0 aliphatic heterocycles. The highest BCUT2D eigenvalue weighted by Crippen LogP contribution is 2.53. The minimum absolute atomic E-state index is 0.0362. The molecular weight excluding hydrogens is 354 g/mol. The quantitative estimate of drug-likeness (QED) is 0.360. The van der Waals surface area contributed by atoms with E-state index < -0.39 is 6.10 Å². The molecule has 2 fully saturated rings. The second-order valence-corrected chi connectivity index (χ2v) is 8.69. The number of hydrogen-bond acceptors (Lipinski definition) is 4. The third-order valence-corrected chi connectivity index (χ3v) is 6.96. The van der Waals surface area contributed by atoms with Crippen molar-refractivity contribution in [1.82, 2.24) is 5.32 Å². The number of aliphatic hydroxyl groups excluding tert-OH is 1. The zero-order chi connectivity index (χ0) is 19.9. The van der Waals surface area contributed by atoms with Crippen molar-refractivity contribution in [3.05, 3.63) is 24.3 Å². The number of allylic oxidation sites excluding steroid dienone is 4. The van der Waals surface area contributed by atoms with E-state index in [0.717, 1.165) is 44.9 Å². The van der Waals surface area contributed by atoms with Crippen molar-refractivity contribution in [2.45, 2.75) is 63.9 Å². The number of hydrogen-bond donors (Lipinski definition) is 2. The maximum absolute atomic E-state index is 12.9. The predicted octanol–water partition coefficient (Wildman–Crippen LogP) is 3.38. The molecule has 28 heavy (non-hydrogen) atoms. The Hall–Kier alpha value is -1.62. The molecule has 3 rings (SSSR count). The van der Waals surface area contributed by atoms with Crippen molar-refractivity contribution < 1.29 is 19.4 Å². The number of carbonyl (C=O) groups is 2. The topological polar surface area (TPSA) is 75.6 Å². The van der Waals surface area contributed by atoms with Crippen LogP contribution in [0, 0.1) is 29.6 Å². The SMILES string of the molecule is COC(=O)CCCC=CC1C2CCC(C2)C1C(=O)NCC(O)C1CC=CCC1. The summed E-state index contributed by atoms with van der Waals surface area (Å²) in [5.74, 6) is 1.62. The summed E-state index contributed by atoms with van der Waals surface area (Å²) in [6, 6.07) is 0. The summed E-state index contributed by atoms with van der Waals surface area (Å²) in [6.45, 7) is 0.362. The van der Waals surface area contributed by atoms with Gasteiger partial charge in [0.05, 0.1) is 13.2 Å². The van der Waals surface area contributed by atoms with Crippen LogP contribution in [0.4, 0.5) is 0 Å². The average Bonchev–Trinajstić information content (AvgIpc) is 3.33. The molecule has 0 aromatic heterocycles. The maximum Gasteiger partial charge on any atom is 0.305 e. The van der Waals surface area contributed by atoms with Crippen molar-refractivity contribution in [1.29, 1.82) is 0 Å². The zero-order valence-corrected chi connectivity index (χ0v) is 17.0. The van der Waals surface area contributed by atoms with Crippen molar-refractivity contribution in [2.75, 3.05) is 13.7 Å². The van der Waals surface area contributed by atoms with E-state index in [9.17, 15) is 14.7 Å². The van der Waals surface area contributed by atoms with E-state index in [1.807, 2.05) is 0 Å². The molecule has 6 atom stereocenters. The highest BCUT2D eigenvalue weighted by Gasteiger charge is 2.49. The first-order chi connectivity index (χ1) is 13.6. The molecule has 156 valence electrons. The van der Waals surface area contributed by atoms with E-state index in [1.165, 1.54) is 13.5 Å². The van der Waals surface area contributed by atoms with Crippen LogP contribution in [0.25, 0.3) is 0 Å². The monoisotopic (exact) mass is 389 g/mol. The molecule has 5 nitrogen and oxygen atoms in total. The first-order valence-corrected chi connectivity index (χ1v) is 10.9. The van der Waals surface area contributed by atoms with Crippen LogP contribution in [0.5, 0.6) is 0 Å². The summed E-state index contributed by atoms with van der Waals surface area (Å²) in [6.07, 6.45) is 16.7. The molecule has 2 N–H and O–H groups in total. The van der Waals surface area contributed by atoms with Gasteiger partial charge >= 0.3 is 5.97 Å². The number of methoxy groups -OCH3 is 1. The Bertz CT molecular complexity index is 599. The summed E-state index contributed by atoms with van der Waals surface area (Å²) in [4.78, 5) is 24.1. The van der Waals surface area contributed by atoms with Crippen molar-refractivity contribution in [3.63, 3.8) is 0 Å². The minimum Gasteiger partial charge on any atom is -0.469 e. The fourth-order valence-electron chi connectivity index (χ4n) is 5.38. The summed E-state index contributed by atoms with van der Waals surface area (Å²) < 4.78 is 4.67. The number of rotatable bonds is 9. The van der Waals surface area contributed by atoms with E-state index >= 15 is 0 Å². The Morgan fingerprint density at radius 1 is 1.25 bits per heavy atom. The molecule has 0 heterocycles. The number of aliphatic hydroxyl groups is 1. The van der Waals surface area contributed by atoms with E-state index in [4.69, 9.17) is 0 Å². The van der Waals surface area contributed by atoms with Gasteiger partial charge in [0.1, 0.15) is 0 Å². The number of amides is 1. The number of esters is 1. The number of carbonyl (C=O) groups excluding carboxylic acids is 2. The number of ether oxygens (including phenoxy) is 1. The van der Waals surface area contributed by atoms with Crippen molar-refractivity contribution in [2.24, 2.45) is 29.6 Å². The van der Waals surface area contributed by atoms with Crippen LogP contribution in [0.2, 0.25) is 0 Å². The Labute approximate surface area is 168 Å². The van der Waals surface area contributed by atoms with Crippen LogP contribution < -0.4 is 5.32 Å². The molecule has 5 heteroatoms. The number of unbranched alkanes of at least 4 members (excludes halogenated alkanes) is 1. The van der Waals surface area contributed by atoms with Gasteiger partial charge in [0, 0.05) is 18.9 Å². The molecule has 0 spiro atoms. The summed E-state index contributed by atoms with van der Waals surface area (Å²) in [5, 5.41) is 13.5. The van der Waals surface area contributed by atoms with Gasteiger partial charge in [-0.3, -0.25) is 9.59 Å². The lowest BCUT2D eigenvalue weighted by Crippen LogP contribution is -2.42. The third kappa shape index (κ3) is 5.25. The van der Waals surface area contributed by atoms with Gasteiger partial charge in [0.2, 0.25) is 5.91 Å². The van der Waals surface area contributed by atoms with Gasteiger partial charge < -0.3 is 15.2 Å². The lowest BCUT2D eigenvalue weighted by atomic mass is 9.78. The molecule has 2 bridgehead atoms. The molecule has 1 amide bonds. The molecular formula is C23H35NO4. The Balaban J connectivity index is 1.48. The van der Waals surface area contributed by atoms with Gasteiger partial charge in [-0.15, -0.1) is 0 Å². The first kappa shape index (κ1) is 21.1. The standard InChI is InChI=1S/C23H35NO4/c1-28-21(26)11-7-3-6-10-19-17-12-13-18(14-17)22(19)23(27)24-15-20(25)16-8-4-2-5-9-16/h2,4,6,10,16-20,22,25H,3,5,7-9,11-15H2,1H3,(H,24,27). The molecule has 0 aromatic rings. The minimum atomic E-state index is -0.459. The molecule has 2 saturated carbocycles. The molecule has 0 radical (unpaired) electrons.